The molecule has 146 valence electrons. The summed E-state index contributed by atoms with van der Waals surface area (Å²) < 4.78 is 5.63. The minimum atomic E-state index is -1.38. The topological polar surface area (TPSA) is 108 Å². The zero-order valence-electron chi connectivity index (χ0n) is 17.0. The third-order valence-electron chi connectivity index (χ3n) is 6.21. The van der Waals surface area contributed by atoms with Crippen LogP contribution < -0.4 is 15.4 Å². The van der Waals surface area contributed by atoms with Gasteiger partial charge in [-0.2, -0.15) is 5.26 Å². The summed E-state index contributed by atoms with van der Waals surface area (Å²) in [6.45, 7) is 9.88. The molecule has 3 aliphatic rings. The summed E-state index contributed by atoms with van der Waals surface area (Å²) in [6, 6.07) is 6.25. The van der Waals surface area contributed by atoms with E-state index >= 15 is 0 Å². The van der Waals surface area contributed by atoms with Crippen LogP contribution in [0.4, 0.5) is 5.69 Å². The molecule has 0 bridgehead atoms. The molecule has 1 aromatic carbocycles. The maximum atomic E-state index is 14.3. The molecule has 0 aliphatic carbocycles. The smallest absolute Gasteiger partial charge is 0.248 e. The molecule has 0 saturated carbocycles. The molecule has 29 heavy (non-hydrogen) atoms. The van der Waals surface area contributed by atoms with Crippen molar-refractivity contribution in [2.45, 2.75) is 45.6 Å². The third-order valence-corrected chi connectivity index (χ3v) is 6.21. The Bertz CT molecular complexity index is 1240. The average Bonchev–Trinajstić information content (AvgIpc) is 3.11. The number of hydrogen-bond acceptors (Lipinski definition) is 5. The standard InChI is InChI=1S/C22H21N5O2/c1-10-6-13-11(2)8-21(4,5)27-17(13)14(7-10)22(20(27)28)15(9-23)18(24)29-19-16(22)12(3)25-26-19/h6-8H,24H2,1-5H3,(H,25,26)/t22-/m0/s1. The van der Waals surface area contributed by atoms with Gasteiger partial charge in [0.15, 0.2) is 0 Å². The van der Waals surface area contributed by atoms with Crippen molar-refractivity contribution in [2.75, 3.05) is 4.90 Å². The van der Waals surface area contributed by atoms with E-state index in [1.54, 1.807) is 4.90 Å². The van der Waals surface area contributed by atoms with Crippen molar-refractivity contribution >= 4 is 17.2 Å². The Morgan fingerprint density at radius 2 is 2.00 bits per heavy atom. The van der Waals surface area contributed by atoms with Crippen LogP contribution in [0.25, 0.3) is 5.57 Å². The summed E-state index contributed by atoms with van der Waals surface area (Å²) in [4.78, 5) is 16.1. The zero-order chi connectivity index (χ0) is 20.9. The lowest BCUT2D eigenvalue weighted by Gasteiger charge is -2.40. The van der Waals surface area contributed by atoms with E-state index in [4.69, 9.17) is 10.5 Å². The highest BCUT2D eigenvalue weighted by atomic mass is 16.5. The van der Waals surface area contributed by atoms with Crippen molar-refractivity contribution < 1.29 is 9.53 Å². The minimum Gasteiger partial charge on any atom is -0.420 e. The van der Waals surface area contributed by atoms with Crippen molar-refractivity contribution in [1.82, 2.24) is 10.2 Å². The number of ether oxygens (including phenoxy) is 1. The van der Waals surface area contributed by atoms with Crippen LogP contribution in [-0.2, 0) is 10.2 Å². The molecule has 0 unspecified atom stereocenters. The van der Waals surface area contributed by atoms with Crippen molar-refractivity contribution in [1.29, 1.82) is 5.26 Å². The van der Waals surface area contributed by atoms with Gasteiger partial charge >= 0.3 is 0 Å². The van der Waals surface area contributed by atoms with E-state index in [9.17, 15) is 10.1 Å². The van der Waals surface area contributed by atoms with E-state index in [0.717, 1.165) is 28.0 Å². The summed E-state index contributed by atoms with van der Waals surface area (Å²) >= 11 is 0. The molecular formula is C22H21N5O2. The second-order valence-electron chi connectivity index (χ2n) is 8.56. The molecule has 3 N–H and O–H groups in total. The number of allylic oxidation sites excluding steroid dienone is 1. The van der Waals surface area contributed by atoms with Crippen LogP contribution in [0, 0.1) is 25.2 Å². The third kappa shape index (κ3) is 1.82. The number of hydrogen-bond donors (Lipinski definition) is 2. The number of carbonyl (C=O) groups excluding carboxylic acids is 1. The number of nitriles is 1. The van der Waals surface area contributed by atoms with Crippen LogP contribution in [0.5, 0.6) is 5.88 Å². The Morgan fingerprint density at radius 3 is 2.69 bits per heavy atom. The highest BCUT2D eigenvalue weighted by Crippen LogP contribution is 2.60. The van der Waals surface area contributed by atoms with Crippen molar-refractivity contribution in [3.8, 4) is 11.9 Å². The van der Waals surface area contributed by atoms with Gasteiger partial charge in [-0.15, -0.1) is 5.10 Å². The quantitative estimate of drug-likeness (QED) is 0.722. The molecule has 1 atom stereocenters. The highest BCUT2D eigenvalue weighted by Gasteiger charge is 2.63. The van der Waals surface area contributed by atoms with Crippen LogP contribution in [0.1, 0.15) is 48.7 Å². The molecule has 1 spiro atoms. The first kappa shape index (κ1) is 17.6. The number of nitrogens with two attached hydrogens (primary N) is 1. The van der Waals surface area contributed by atoms with Gasteiger partial charge in [0.25, 0.3) is 0 Å². The fourth-order valence-corrected chi connectivity index (χ4v) is 5.22. The normalized spacial score (nSPS) is 23.5. The van der Waals surface area contributed by atoms with Crippen molar-refractivity contribution in [3.63, 3.8) is 0 Å². The summed E-state index contributed by atoms with van der Waals surface area (Å²) in [7, 11) is 0. The molecule has 5 rings (SSSR count). The van der Waals surface area contributed by atoms with E-state index in [-0.39, 0.29) is 23.2 Å². The summed E-state index contributed by atoms with van der Waals surface area (Å²) in [5.74, 6) is -0.0518. The number of H-pyrrole nitrogens is 1. The predicted molar refractivity (Wildman–Crippen MR) is 108 cm³/mol. The summed E-state index contributed by atoms with van der Waals surface area (Å²) in [5, 5.41) is 17.2. The van der Waals surface area contributed by atoms with Crippen LogP contribution in [0.15, 0.2) is 29.7 Å². The Morgan fingerprint density at radius 1 is 1.28 bits per heavy atom. The van der Waals surface area contributed by atoms with E-state index in [1.807, 2.05) is 33.8 Å². The lowest BCUT2D eigenvalue weighted by atomic mass is 9.68. The molecule has 0 radical (unpaired) electrons. The summed E-state index contributed by atoms with van der Waals surface area (Å²) in [6.07, 6.45) is 2.09. The summed E-state index contributed by atoms with van der Waals surface area (Å²) in [5.41, 5.74) is 10.2. The number of carbonyl (C=O) groups is 1. The molecule has 1 amide bonds. The minimum absolute atomic E-state index is 0.0857. The molecule has 2 aromatic rings. The van der Waals surface area contributed by atoms with Crippen LogP contribution in [-0.4, -0.2) is 21.6 Å². The monoisotopic (exact) mass is 387 g/mol. The van der Waals surface area contributed by atoms with E-state index in [0.29, 0.717) is 11.3 Å². The maximum absolute atomic E-state index is 14.3. The molecular weight excluding hydrogens is 366 g/mol. The van der Waals surface area contributed by atoms with Gasteiger partial charge < -0.3 is 15.4 Å². The van der Waals surface area contributed by atoms with Gasteiger partial charge in [-0.3, -0.25) is 9.89 Å². The number of amides is 1. The van der Waals surface area contributed by atoms with E-state index in [1.165, 1.54) is 0 Å². The van der Waals surface area contributed by atoms with Gasteiger partial charge in [-0.25, -0.2) is 0 Å². The zero-order valence-corrected chi connectivity index (χ0v) is 17.0. The second kappa shape index (κ2) is 5.09. The van der Waals surface area contributed by atoms with Gasteiger partial charge in [-0.05, 0) is 46.3 Å². The molecule has 7 nitrogen and oxygen atoms in total. The molecule has 4 heterocycles. The first-order valence-corrected chi connectivity index (χ1v) is 9.47. The van der Waals surface area contributed by atoms with E-state index < -0.39 is 11.0 Å². The SMILES string of the molecule is CC1=CC(C)(C)N2C(=O)[C@]3(C(C#N)=C(N)Oc4n[nH]c(C)c43)c3cc(C)cc1c32. The molecule has 3 aliphatic heterocycles. The number of benzene rings is 1. The molecule has 7 heteroatoms. The number of anilines is 1. The number of nitrogens with one attached hydrogen (secondary N) is 1. The Labute approximate surface area is 168 Å². The Hall–Kier alpha value is -3.53. The number of nitrogens with zero attached hydrogens (tertiary/aromatic N) is 3. The fraction of sp³-hybridized carbons (Fsp3) is 0.318. The van der Waals surface area contributed by atoms with Crippen LogP contribution >= 0.6 is 0 Å². The Balaban J connectivity index is 2.01. The van der Waals surface area contributed by atoms with Gasteiger partial charge in [0.2, 0.25) is 17.7 Å². The molecule has 1 aromatic heterocycles. The Kier molecular flexibility index (Phi) is 3.08. The predicted octanol–water partition coefficient (Wildman–Crippen LogP) is 2.94. The largest absolute Gasteiger partial charge is 0.420 e. The highest BCUT2D eigenvalue weighted by molar-refractivity contribution is 6.18. The van der Waals surface area contributed by atoms with Crippen LogP contribution in [0.3, 0.4) is 0 Å². The number of fused-ring (bicyclic) bond motifs is 3. The van der Waals surface area contributed by atoms with Crippen LogP contribution in [0.2, 0.25) is 0 Å². The van der Waals surface area contributed by atoms with Crippen molar-refractivity contribution in [3.05, 3.63) is 57.6 Å². The molecule has 0 saturated heterocycles. The second-order valence-corrected chi connectivity index (χ2v) is 8.56. The molecule has 0 fully saturated rings. The number of aryl methyl sites for hydroxylation is 2. The first-order chi connectivity index (χ1) is 13.6. The van der Waals surface area contributed by atoms with Crippen molar-refractivity contribution in [2.24, 2.45) is 5.73 Å². The van der Waals surface area contributed by atoms with E-state index in [2.05, 4.69) is 35.3 Å². The number of aromatic amines is 1. The lowest BCUT2D eigenvalue weighted by Crippen LogP contribution is -2.53. The van der Waals surface area contributed by atoms with Gasteiger partial charge in [0.1, 0.15) is 17.1 Å². The fourth-order valence-electron chi connectivity index (χ4n) is 5.22. The van der Waals surface area contributed by atoms with Gasteiger partial charge in [0.05, 0.1) is 16.8 Å². The first-order valence-electron chi connectivity index (χ1n) is 9.47. The average molecular weight is 387 g/mol. The number of aromatic nitrogens is 2. The van der Waals surface area contributed by atoms with Gasteiger partial charge in [-0.1, -0.05) is 17.7 Å². The maximum Gasteiger partial charge on any atom is 0.248 e. The lowest BCUT2D eigenvalue weighted by molar-refractivity contribution is -0.121. The number of rotatable bonds is 0. The van der Waals surface area contributed by atoms with Gasteiger partial charge in [0, 0.05) is 16.8 Å².